The maximum Gasteiger partial charge on any atom is 0.250 e. The highest BCUT2D eigenvalue weighted by Gasteiger charge is 2.78. The normalized spacial score (nSPS) is 24.1. The summed E-state index contributed by atoms with van der Waals surface area (Å²) in [5.41, 5.74) is 5.71. The summed E-state index contributed by atoms with van der Waals surface area (Å²) < 4.78 is 0. The molecule has 2 aromatic rings. The van der Waals surface area contributed by atoms with E-state index >= 15 is 0 Å². The molecule has 2 aromatic carbocycles. The fourth-order valence-corrected chi connectivity index (χ4v) is 4.81. The Bertz CT molecular complexity index is 1040. The zero-order valence-electron chi connectivity index (χ0n) is 16.0. The molecule has 150 valence electrons. The van der Waals surface area contributed by atoms with E-state index in [-0.39, 0.29) is 11.5 Å². The van der Waals surface area contributed by atoms with Crippen LogP contribution in [0.2, 0.25) is 5.02 Å². The second-order valence-corrected chi connectivity index (χ2v) is 8.21. The van der Waals surface area contributed by atoms with Crippen LogP contribution in [-0.4, -0.2) is 17.7 Å². The summed E-state index contributed by atoms with van der Waals surface area (Å²) in [6.45, 7) is 2.08. The average molecular weight is 412 g/mol. The lowest BCUT2D eigenvalue weighted by molar-refractivity contribution is -0.132. The number of nitrogens with two attached hydrogens (primary N) is 1. The van der Waals surface area contributed by atoms with Crippen molar-refractivity contribution >= 4 is 40.7 Å². The first-order valence-electron chi connectivity index (χ1n) is 9.67. The molecule has 2 aliphatic rings. The number of para-hydroxylation sites is 1. The lowest BCUT2D eigenvalue weighted by atomic mass is 9.77. The van der Waals surface area contributed by atoms with E-state index in [4.69, 9.17) is 17.3 Å². The number of nitrogens with one attached hydrogen (secondary N) is 2. The zero-order chi connectivity index (χ0) is 20.8. The van der Waals surface area contributed by atoms with Crippen LogP contribution in [0.3, 0.4) is 0 Å². The Morgan fingerprint density at radius 2 is 2.00 bits per heavy atom. The molecular weight excluding hydrogens is 390 g/mol. The molecule has 1 saturated carbocycles. The monoisotopic (exact) mass is 411 g/mol. The van der Waals surface area contributed by atoms with Crippen molar-refractivity contribution in [2.75, 3.05) is 10.6 Å². The van der Waals surface area contributed by atoms with Gasteiger partial charge in [-0.15, -0.1) is 0 Å². The predicted molar refractivity (Wildman–Crippen MR) is 112 cm³/mol. The second-order valence-electron chi connectivity index (χ2n) is 7.78. The van der Waals surface area contributed by atoms with Crippen LogP contribution < -0.4 is 16.4 Å². The summed E-state index contributed by atoms with van der Waals surface area (Å²) >= 11 is 6.24. The highest BCUT2D eigenvalue weighted by Crippen LogP contribution is 2.71. The molecule has 0 spiro atoms. The van der Waals surface area contributed by atoms with Gasteiger partial charge in [0.1, 0.15) is 5.41 Å². The molecule has 1 aliphatic carbocycles. The summed E-state index contributed by atoms with van der Waals surface area (Å²) in [4.78, 5) is 38.3. The number of halogens is 1. The molecule has 0 radical (unpaired) electrons. The molecule has 4 rings (SSSR count). The van der Waals surface area contributed by atoms with Gasteiger partial charge in [0, 0.05) is 16.1 Å². The quantitative estimate of drug-likeness (QED) is 0.629. The lowest BCUT2D eigenvalue weighted by Crippen LogP contribution is -2.45. The molecule has 2 atom stereocenters. The van der Waals surface area contributed by atoms with Crippen LogP contribution in [-0.2, 0) is 15.0 Å². The minimum Gasteiger partial charge on any atom is -0.366 e. The van der Waals surface area contributed by atoms with Crippen molar-refractivity contribution < 1.29 is 14.4 Å². The maximum atomic E-state index is 13.4. The fourth-order valence-electron chi connectivity index (χ4n) is 4.63. The Balaban J connectivity index is 1.76. The third-order valence-corrected chi connectivity index (χ3v) is 6.41. The summed E-state index contributed by atoms with van der Waals surface area (Å²) in [5, 5.41) is 6.23. The van der Waals surface area contributed by atoms with Crippen molar-refractivity contribution in [1.29, 1.82) is 0 Å². The smallest absolute Gasteiger partial charge is 0.250 e. The molecule has 0 aromatic heterocycles. The number of anilines is 2. The van der Waals surface area contributed by atoms with Crippen LogP contribution in [0.1, 0.15) is 48.5 Å². The molecule has 3 amide bonds. The molecule has 7 heteroatoms. The van der Waals surface area contributed by atoms with E-state index in [2.05, 4.69) is 17.6 Å². The minimum atomic E-state index is -1.23. The van der Waals surface area contributed by atoms with Crippen molar-refractivity contribution in [3.8, 4) is 0 Å². The van der Waals surface area contributed by atoms with Gasteiger partial charge in [0.2, 0.25) is 11.8 Å². The standard InChI is InChI=1S/C22H22ClN3O3/c1-2-3-10-21-12-22(21,20(29)26-17-9-8-13(23)11-15(17)21)19(28)25-16-7-5-4-6-14(16)18(24)27/h4-9,11H,2-3,10,12H2,1H3,(H2,24,27)(H,25,28)(H,26,29). The van der Waals surface area contributed by atoms with E-state index in [0.717, 1.165) is 18.4 Å². The molecule has 29 heavy (non-hydrogen) atoms. The van der Waals surface area contributed by atoms with Crippen molar-refractivity contribution in [2.45, 2.75) is 38.0 Å². The largest absolute Gasteiger partial charge is 0.366 e. The number of hydrogen-bond donors (Lipinski definition) is 3. The molecule has 1 heterocycles. The van der Waals surface area contributed by atoms with E-state index in [1.165, 1.54) is 0 Å². The summed E-state index contributed by atoms with van der Waals surface area (Å²) in [7, 11) is 0. The second kappa shape index (κ2) is 6.88. The zero-order valence-corrected chi connectivity index (χ0v) is 16.8. The van der Waals surface area contributed by atoms with Gasteiger partial charge in [-0.05, 0) is 48.7 Å². The fraction of sp³-hybridized carbons (Fsp3) is 0.318. The molecule has 2 unspecified atom stereocenters. The molecule has 4 N–H and O–H groups in total. The van der Waals surface area contributed by atoms with Gasteiger partial charge in [-0.1, -0.05) is 43.5 Å². The predicted octanol–water partition coefficient (Wildman–Crippen LogP) is 3.85. The van der Waals surface area contributed by atoms with Crippen LogP contribution in [0.5, 0.6) is 0 Å². The summed E-state index contributed by atoms with van der Waals surface area (Å²) in [6, 6.07) is 11.9. The van der Waals surface area contributed by atoms with Gasteiger partial charge in [0.05, 0.1) is 11.3 Å². The Hall–Kier alpha value is -2.86. The molecule has 1 aliphatic heterocycles. The topological polar surface area (TPSA) is 101 Å². The van der Waals surface area contributed by atoms with Crippen LogP contribution in [0.15, 0.2) is 42.5 Å². The first kappa shape index (κ1) is 19.5. The third kappa shape index (κ3) is 2.82. The van der Waals surface area contributed by atoms with E-state index in [9.17, 15) is 14.4 Å². The van der Waals surface area contributed by atoms with Crippen molar-refractivity contribution in [1.82, 2.24) is 0 Å². The summed E-state index contributed by atoms with van der Waals surface area (Å²) in [5.74, 6) is -1.39. The molecule has 1 fully saturated rings. The molecular formula is C22H22ClN3O3. The highest BCUT2D eigenvalue weighted by molar-refractivity contribution is 6.31. The summed E-state index contributed by atoms with van der Waals surface area (Å²) in [6.07, 6.45) is 2.94. The number of fused-ring (bicyclic) bond motifs is 3. The van der Waals surface area contributed by atoms with Gasteiger partial charge in [-0.3, -0.25) is 14.4 Å². The number of carbonyl (C=O) groups is 3. The number of rotatable bonds is 6. The van der Waals surface area contributed by atoms with E-state index in [1.807, 2.05) is 6.07 Å². The van der Waals surface area contributed by atoms with E-state index in [1.54, 1.807) is 36.4 Å². The SMILES string of the molecule is CCCCC12CC1(C(=O)Nc1ccccc1C(N)=O)C(=O)Nc1ccc(Cl)cc12. The van der Waals surface area contributed by atoms with Gasteiger partial charge in [0.25, 0.3) is 5.91 Å². The molecule has 0 saturated heterocycles. The Kier molecular flexibility index (Phi) is 4.62. The number of carbonyl (C=O) groups excluding carboxylic acids is 3. The van der Waals surface area contributed by atoms with Gasteiger partial charge >= 0.3 is 0 Å². The van der Waals surface area contributed by atoms with Crippen LogP contribution in [0.4, 0.5) is 11.4 Å². The van der Waals surface area contributed by atoms with Gasteiger partial charge in [0.15, 0.2) is 0 Å². The van der Waals surface area contributed by atoms with Crippen molar-refractivity contribution in [3.05, 3.63) is 58.6 Å². The van der Waals surface area contributed by atoms with Crippen molar-refractivity contribution in [2.24, 2.45) is 11.1 Å². The van der Waals surface area contributed by atoms with Crippen molar-refractivity contribution in [3.63, 3.8) is 0 Å². The van der Waals surface area contributed by atoms with Crippen LogP contribution in [0, 0.1) is 5.41 Å². The van der Waals surface area contributed by atoms with Gasteiger partial charge in [-0.25, -0.2) is 0 Å². The number of unbranched alkanes of at least 4 members (excludes halogenated alkanes) is 1. The number of primary amides is 1. The first-order chi connectivity index (χ1) is 13.9. The lowest BCUT2D eigenvalue weighted by Gasteiger charge is -2.32. The Labute approximate surface area is 173 Å². The maximum absolute atomic E-state index is 13.4. The van der Waals surface area contributed by atoms with Gasteiger partial charge < -0.3 is 16.4 Å². The van der Waals surface area contributed by atoms with Crippen LogP contribution >= 0.6 is 11.6 Å². The van der Waals surface area contributed by atoms with E-state index < -0.39 is 22.6 Å². The highest BCUT2D eigenvalue weighted by atomic mass is 35.5. The van der Waals surface area contributed by atoms with Gasteiger partial charge in [-0.2, -0.15) is 0 Å². The third-order valence-electron chi connectivity index (χ3n) is 6.18. The average Bonchev–Trinajstić information content (AvgIpc) is 3.40. The Morgan fingerprint density at radius 3 is 2.72 bits per heavy atom. The number of amides is 3. The molecule has 6 nitrogen and oxygen atoms in total. The molecule has 0 bridgehead atoms. The van der Waals surface area contributed by atoms with Crippen LogP contribution in [0.25, 0.3) is 0 Å². The van der Waals surface area contributed by atoms with E-state index in [0.29, 0.717) is 29.2 Å². The first-order valence-corrected chi connectivity index (χ1v) is 10.1. The number of benzene rings is 2. The minimum absolute atomic E-state index is 0.205. The number of hydrogen-bond acceptors (Lipinski definition) is 3. The Morgan fingerprint density at radius 1 is 1.24 bits per heavy atom.